The van der Waals surface area contributed by atoms with Crippen LogP contribution < -0.4 is 5.32 Å². The van der Waals surface area contributed by atoms with E-state index >= 15 is 0 Å². The van der Waals surface area contributed by atoms with Crippen LogP contribution in [0.5, 0.6) is 0 Å². The summed E-state index contributed by atoms with van der Waals surface area (Å²) in [7, 11) is 0. The predicted octanol–water partition coefficient (Wildman–Crippen LogP) is 1.60. The molecular weight excluding hydrogens is 362 g/mol. The molecule has 1 heterocycles. The van der Waals surface area contributed by atoms with Crippen molar-refractivity contribution >= 4 is 29.4 Å². The molecule has 0 spiro atoms. The number of fused-ring (bicyclic) bond motifs is 1. The lowest BCUT2D eigenvalue weighted by Gasteiger charge is -2.21. The number of nitrogens with one attached hydrogen (secondary N) is 1. The smallest absolute Gasteiger partial charge is 0.329 e. The van der Waals surface area contributed by atoms with Gasteiger partial charge in [0.2, 0.25) is 11.8 Å². The number of carbonyl (C=O) groups is 4. The van der Waals surface area contributed by atoms with E-state index in [0.29, 0.717) is 18.5 Å². The number of anilines is 1. The fourth-order valence-electron chi connectivity index (χ4n) is 3.81. The number of carbonyl (C=O) groups excluding carboxylic acids is 4. The zero-order valence-electron chi connectivity index (χ0n) is 15.5. The number of rotatable bonds is 5. The molecule has 1 N–H and O–H groups in total. The second-order valence-corrected chi connectivity index (χ2v) is 7.03. The van der Waals surface area contributed by atoms with Crippen molar-refractivity contribution in [2.24, 2.45) is 11.8 Å². The number of nitriles is 1. The number of esters is 1. The monoisotopic (exact) mass is 383 g/mol. The Kier molecular flexibility index (Phi) is 5.73. The Bertz CT molecular complexity index is 836. The molecule has 3 rings (SSSR count). The molecule has 1 saturated heterocycles. The summed E-state index contributed by atoms with van der Waals surface area (Å²) in [5, 5.41) is 11.5. The summed E-state index contributed by atoms with van der Waals surface area (Å²) in [5.41, 5.74) is 0.597. The van der Waals surface area contributed by atoms with Crippen molar-refractivity contribution in [2.75, 3.05) is 11.9 Å². The van der Waals surface area contributed by atoms with E-state index in [-0.39, 0.29) is 29.2 Å². The van der Waals surface area contributed by atoms with Crippen molar-refractivity contribution in [3.05, 3.63) is 29.8 Å². The maximum atomic E-state index is 12.5. The average molecular weight is 383 g/mol. The van der Waals surface area contributed by atoms with Crippen LogP contribution in [0.1, 0.15) is 38.2 Å². The summed E-state index contributed by atoms with van der Waals surface area (Å²) in [5.74, 6) is -2.78. The van der Waals surface area contributed by atoms with E-state index in [0.717, 1.165) is 17.7 Å². The number of amides is 3. The van der Waals surface area contributed by atoms with Crippen molar-refractivity contribution in [3.8, 4) is 6.07 Å². The van der Waals surface area contributed by atoms with Crippen LogP contribution >= 0.6 is 0 Å². The molecule has 8 nitrogen and oxygen atoms in total. The van der Waals surface area contributed by atoms with Gasteiger partial charge in [-0.05, 0) is 31.9 Å². The third kappa shape index (κ3) is 3.74. The normalized spacial score (nSPS) is 22.2. The Balaban J connectivity index is 1.57. The third-order valence-electron chi connectivity index (χ3n) is 5.27. The summed E-state index contributed by atoms with van der Waals surface area (Å²) in [6, 6.07) is 7.31. The van der Waals surface area contributed by atoms with E-state index in [1.54, 1.807) is 24.3 Å². The van der Waals surface area contributed by atoms with Gasteiger partial charge in [-0.15, -0.1) is 0 Å². The van der Waals surface area contributed by atoms with Crippen molar-refractivity contribution in [1.29, 1.82) is 5.26 Å². The molecule has 1 saturated carbocycles. The molecule has 28 heavy (non-hydrogen) atoms. The Morgan fingerprint density at radius 3 is 2.43 bits per heavy atom. The Morgan fingerprint density at radius 2 is 1.82 bits per heavy atom. The average Bonchev–Trinajstić information content (AvgIpc) is 2.96. The van der Waals surface area contributed by atoms with E-state index in [1.165, 1.54) is 6.92 Å². The maximum Gasteiger partial charge on any atom is 0.329 e. The topological polar surface area (TPSA) is 117 Å². The van der Waals surface area contributed by atoms with Gasteiger partial charge in [0.05, 0.1) is 23.1 Å². The Morgan fingerprint density at radius 1 is 1.21 bits per heavy atom. The lowest BCUT2D eigenvalue weighted by molar-refractivity contribution is -0.159. The van der Waals surface area contributed by atoms with Crippen LogP contribution in [0.3, 0.4) is 0 Å². The van der Waals surface area contributed by atoms with Gasteiger partial charge in [-0.2, -0.15) is 5.26 Å². The molecular formula is C20H21N3O5. The summed E-state index contributed by atoms with van der Waals surface area (Å²) < 4.78 is 4.99. The van der Waals surface area contributed by atoms with Gasteiger partial charge in [-0.1, -0.05) is 25.0 Å². The fourth-order valence-corrected chi connectivity index (χ4v) is 3.81. The number of imide groups is 1. The fraction of sp³-hybridized carbons (Fsp3) is 0.450. The van der Waals surface area contributed by atoms with Crippen molar-refractivity contribution in [1.82, 2.24) is 4.90 Å². The van der Waals surface area contributed by atoms with Gasteiger partial charge < -0.3 is 10.1 Å². The van der Waals surface area contributed by atoms with Crippen LogP contribution in [0.15, 0.2) is 24.3 Å². The molecule has 2 fully saturated rings. The molecule has 3 atom stereocenters. The molecule has 1 aromatic carbocycles. The highest BCUT2D eigenvalue weighted by Gasteiger charge is 2.51. The minimum atomic E-state index is -1.08. The lowest BCUT2D eigenvalue weighted by atomic mass is 9.81. The largest absolute Gasteiger partial charge is 0.454 e. The number of nitrogens with zero attached hydrogens (tertiary/aromatic N) is 2. The first-order chi connectivity index (χ1) is 13.4. The number of likely N-dealkylation sites (tertiary alicyclic amines) is 1. The summed E-state index contributed by atoms with van der Waals surface area (Å²) in [6.07, 6.45) is 3.12. The van der Waals surface area contributed by atoms with E-state index in [2.05, 4.69) is 5.32 Å². The molecule has 3 amide bonds. The van der Waals surface area contributed by atoms with Gasteiger partial charge in [-0.25, -0.2) is 4.79 Å². The Labute approximate surface area is 162 Å². The molecule has 146 valence electrons. The zero-order chi connectivity index (χ0) is 20.3. The first-order valence-corrected chi connectivity index (χ1v) is 9.26. The van der Waals surface area contributed by atoms with Gasteiger partial charge in [-0.3, -0.25) is 19.3 Å². The minimum Gasteiger partial charge on any atom is -0.454 e. The van der Waals surface area contributed by atoms with Crippen molar-refractivity contribution in [2.45, 2.75) is 38.6 Å². The van der Waals surface area contributed by atoms with Gasteiger partial charge >= 0.3 is 5.97 Å². The summed E-state index contributed by atoms with van der Waals surface area (Å²) in [4.78, 5) is 50.4. The molecule has 2 aliphatic rings. The van der Waals surface area contributed by atoms with E-state index in [9.17, 15) is 19.2 Å². The Hall–Kier alpha value is -3.21. The van der Waals surface area contributed by atoms with Crippen LogP contribution in [0.2, 0.25) is 0 Å². The van der Waals surface area contributed by atoms with Gasteiger partial charge in [0, 0.05) is 0 Å². The second kappa shape index (κ2) is 8.21. The molecule has 0 aromatic heterocycles. The van der Waals surface area contributed by atoms with Gasteiger partial charge in [0.15, 0.2) is 6.61 Å². The van der Waals surface area contributed by atoms with Crippen LogP contribution in [0.4, 0.5) is 5.69 Å². The standard InChI is InChI=1S/C20H21N3O5/c1-12(23-18(25)14-7-3-4-8-15(14)19(23)26)20(27)28-11-17(24)22-16-9-5-2-6-13(16)10-21/h2,5-6,9,12,14-15H,3-4,7-8,11H2,1H3,(H,22,24)/t12-,14-,15+/m0/s1. The number of hydrogen-bond acceptors (Lipinski definition) is 6. The van der Waals surface area contributed by atoms with Gasteiger partial charge in [0.1, 0.15) is 12.1 Å². The van der Waals surface area contributed by atoms with Gasteiger partial charge in [0.25, 0.3) is 5.91 Å². The SMILES string of the molecule is C[C@@H](C(=O)OCC(=O)Nc1ccccc1C#N)N1C(=O)[C@H]2CCCC[C@H]2C1=O. The molecule has 1 aliphatic heterocycles. The molecule has 0 unspecified atom stereocenters. The summed E-state index contributed by atoms with van der Waals surface area (Å²) >= 11 is 0. The quantitative estimate of drug-likeness (QED) is 0.610. The lowest BCUT2D eigenvalue weighted by Crippen LogP contribution is -2.45. The van der Waals surface area contributed by atoms with Crippen molar-refractivity contribution in [3.63, 3.8) is 0 Å². The molecule has 0 radical (unpaired) electrons. The van der Waals surface area contributed by atoms with Crippen LogP contribution in [-0.4, -0.2) is 41.2 Å². The molecule has 8 heteroatoms. The third-order valence-corrected chi connectivity index (χ3v) is 5.27. The number of hydrogen-bond donors (Lipinski definition) is 1. The minimum absolute atomic E-state index is 0.284. The van der Waals surface area contributed by atoms with Crippen LogP contribution in [0.25, 0.3) is 0 Å². The highest BCUT2D eigenvalue weighted by molar-refractivity contribution is 6.08. The number of ether oxygens (including phenoxy) is 1. The second-order valence-electron chi connectivity index (χ2n) is 7.03. The predicted molar refractivity (Wildman–Crippen MR) is 97.5 cm³/mol. The highest BCUT2D eigenvalue weighted by Crippen LogP contribution is 2.38. The van der Waals surface area contributed by atoms with E-state index in [1.807, 2.05) is 6.07 Å². The molecule has 1 aromatic rings. The van der Waals surface area contributed by atoms with Crippen LogP contribution in [0, 0.1) is 23.2 Å². The number of benzene rings is 1. The highest BCUT2D eigenvalue weighted by atomic mass is 16.5. The molecule has 1 aliphatic carbocycles. The first kappa shape index (κ1) is 19.5. The van der Waals surface area contributed by atoms with Crippen LogP contribution in [-0.2, 0) is 23.9 Å². The first-order valence-electron chi connectivity index (χ1n) is 9.26. The maximum absolute atomic E-state index is 12.5. The summed E-state index contributed by atoms with van der Waals surface area (Å²) in [6.45, 7) is 0.852. The molecule has 0 bridgehead atoms. The van der Waals surface area contributed by atoms with E-state index < -0.39 is 24.5 Å². The van der Waals surface area contributed by atoms with Crippen molar-refractivity contribution < 1.29 is 23.9 Å². The number of para-hydroxylation sites is 1. The zero-order valence-corrected chi connectivity index (χ0v) is 15.5. The van der Waals surface area contributed by atoms with E-state index in [4.69, 9.17) is 10.00 Å².